The largest absolute Gasteiger partial charge is 0.340 e. The lowest BCUT2D eigenvalue weighted by Gasteiger charge is -2.29. The molecular weight excluding hydrogens is 310 g/mol. The maximum absolute atomic E-state index is 13.1. The molecule has 0 atom stereocenters. The smallest absolute Gasteiger partial charge is 0.246 e. The van der Waals surface area contributed by atoms with Crippen molar-refractivity contribution >= 4 is 32.6 Å². The minimum Gasteiger partial charge on any atom is -0.340 e. The molecule has 120 valence electrons. The quantitative estimate of drug-likeness (QED) is 0.794. The lowest BCUT2D eigenvalue weighted by Crippen LogP contribution is -2.41. The van der Waals surface area contributed by atoms with Crippen molar-refractivity contribution in [2.24, 2.45) is 0 Å². The maximum atomic E-state index is 13.1. The van der Waals surface area contributed by atoms with Gasteiger partial charge < -0.3 is 4.98 Å². The molecule has 3 aromatic rings. The zero-order valence-corrected chi connectivity index (χ0v) is 14.1. The highest BCUT2D eigenvalue weighted by atomic mass is 32.2. The number of aromatic amines is 1. The molecule has 6 heteroatoms. The van der Waals surface area contributed by atoms with Crippen LogP contribution >= 0.6 is 0 Å². The highest BCUT2D eigenvalue weighted by Crippen LogP contribution is 2.34. The number of hydrogen-bond donors (Lipinski definition) is 1. The minimum absolute atomic E-state index is 0.369. The summed E-state index contributed by atoms with van der Waals surface area (Å²) >= 11 is 0. The van der Waals surface area contributed by atoms with Crippen LogP contribution in [0.4, 0.5) is 11.6 Å². The molecule has 0 saturated carbocycles. The third kappa shape index (κ3) is 2.70. The van der Waals surface area contributed by atoms with Gasteiger partial charge in [-0.05, 0) is 45.0 Å². The number of H-pyrrole nitrogens is 1. The van der Waals surface area contributed by atoms with Crippen LogP contribution in [0, 0.1) is 0 Å². The molecular formula is C17H19N3O2S. The van der Waals surface area contributed by atoms with Crippen LogP contribution < -0.4 is 4.31 Å². The van der Waals surface area contributed by atoms with Gasteiger partial charge in [-0.1, -0.05) is 24.3 Å². The van der Waals surface area contributed by atoms with Gasteiger partial charge in [0.2, 0.25) is 10.0 Å². The first-order valence-electron chi connectivity index (χ1n) is 7.34. The van der Waals surface area contributed by atoms with Gasteiger partial charge >= 0.3 is 0 Å². The zero-order chi connectivity index (χ0) is 16.7. The minimum atomic E-state index is -3.65. The molecule has 0 aliphatic heterocycles. The average molecular weight is 329 g/mol. The van der Waals surface area contributed by atoms with Crippen molar-refractivity contribution < 1.29 is 8.42 Å². The Balaban J connectivity index is 2.24. The molecule has 0 unspecified atom stereocenters. The van der Waals surface area contributed by atoms with E-state index >= 15 is 0 Å². The summed E-state index contributed by atoms with van der Waals surface area (Å²) in [6.45, 7) is 5.04. The number of fused-ring (bicyclic) bond motifs is 1. The Morgan fingerprint density at radius 3 is 2.35 bits per heavy atom. The summed E-state index contributed by atoms with van der Waals surface area (Å²) in [5, 5.41) is 0.951. The highest BCUT2D eigenvalue weighted by molar-refractivity contribution is 7.94. The summed E-state index contributed by atoms with van der Waals surface area (Å²) < 4.78 is 26.5. The number of rotatable bonds is 3. The first-order valence-corrected chi connectivity index (χ1v) is 8.78. The molecule has 0 saturated heterocycles. The third-order valence-corrected chi connectivity index (χ3v) is 6.02. The molecule has 2 aromatic heterocycles. The Hall–Kier alpha value is -2.34. The summed E-state index contributed by atoms with van der Waals surface area (Å²) in [6, 6.07) is 14.7. The zero-order valence-electron chi connectivity index (χ0n) is 13.3. The normalized spacial score (nSPS) is 12.5. The van der Waals surface area contributed by atoms with Gasteiger partial charge in [0.25, 0.3) is 0 Å². The second-order valence-electron chi connectivity index (χ2n) is 6.31. The van der Waals surface area contributed by atoms with Gasteiger partial charge in [-0.2, -0.15) is 0 Å². The van der Waals surface area contributed by atoms with E-state index in [4.69, 9.17) is 0 Å². The van der Waals surface area contributed by atoms with Crippen LogP contribution in [0.1, 0.15) is 20.8 Å². The first-order chi connectivity index (χ1) is 10.8. The van der Waals surface area contributed by atoms with Crippen LogP contribution in [0.2, 0.25) is 0 Å². The van der Waals surface area contributed by atoms with E-state index in [0.29, 0.717) is 11.6 Å². The molecule has 0 spiro atoms. The number of sulfonamides is 1. The topological polar surface area (TPSA) is 66.1 Å². The summed E-state index contributed by atoms with van der Waals surface area (Å²) in [6.07, 6.45) is 1.59. The van der Waals surface area contributed by atoms with Crippen LogP contribution in [-0.4, -0.2) is 23.1 Å². The average Bonchev–Trinajstić information content (AvgIpc) is 2.90. The molecule has 0 fully saturated rings. The third-order valence-electron chi connectivity index (χ3n) is 3.61. The number of nitrogens with one attached hydrogen (secondary N) is 1. The monoisotopic (exact) mass is 329 g/mol. The van der Waals surface area contributed by atoms with Crippen LogP contribution in [0.15, 0.2) is 54.7 Å². The van der Waals surface area contributed by atoms with E-state index in [1.165, 1.54) is 4.31 Å². The SMILES string of the molecule is CC(C)(C)S(=O)(=O)N(c1ccccn1)c1cc2ccccc2[nH]1. The number of aromatic nitrogens is 2. The Kier molecular flexibility index (Phi) is 3.64. The first kappa shape index (κ1) is 15.6. The van der Waals surface area contributed by atoms with Gasteiger partial charge in [0.1, 0.15) is 11.6 Å². The molecule has 0 bridgehead atoms. The highest BCUT2D eigenvalue weighted by Gasteiger charge is 2.38. The fraction of sp³-hybridized carbons (Fsp3) is 0.235. The van der Waals surface area contributed by atoms with E-state index in [0.717, 1.165) is 10.9 Å². The molecule has 23 heavy (non-hydrogen) atoms. The van der Waals surface area contributed by atoms with Crippen molar-refractivity contribution in [3.05, 3.63) is 54.7 Å². The van der Waals surface area contributed by atoms with Crippen molar-refractivity contribution in [1.82, 2.24) is 9.97 Å². The van der Waals surface area contributed by atoms with E-state index < -0.39 is 14.8 Å². The van der Waals surface area contributed by atoms with E-state index in [2.05, 4.69) is 9.97 Å². The van der Waals surface area contributed by atoms with Crippen molar-refractivity contribution in [3.63, 3.8) is 0 Å². The molecule has 0 radical (unpaired) electrons. The maximum Gasteiger partial charge on any atom is 0.246 e. The van der Waals surface area contributed by atoms with E-state index in [1.54, 1.807) is 45.2 Å². The summed E-state index contributed by atoms with van der Waals surface area (Å²) in [7, 11) is -3.65. The molecule has 1 N–H and O–H groups in total. The molecule has 5 nitrogen and oxygen atoms in total. The van der Waals surface area contributed by atoms with Gasteiger partial charge in [0, 0.05) is 17.1 Å². The Morgan fingerprint density at radius 2 is 1.74 bits per heavy atom. The van der Waals surface area contributed by atoms with Gasteiger partial charge in [-0.15, -0.1) is 0 Å². The fourth-order valence-electron chi connectivity index (χ4n) is 2.29. The Morgan fingerprint density at radius 1 is 1.04 bits per heavy atom. The number of hydrogen-bond acceptors (Lipinski definition) is 3. The van der Waals surface area contributed by atoms with Gasteiger partial charge in [-0.3, -0.25) is 0 Å². The fourth-order valence-corrected chi connectivity index (χ4v) is 3.55. The molecule has 0 amide bonds. The molecule has 0 aliphatic rings. The summed E-state index contributed by atoms with van der Waals surface area (Å²) in [4.78, 5) is 7.41. The van der Waals surface area contributed by atoms with Crippen LogP contribution in [0.3, 0.4) is 0 Å². The number of para-hydroxylation sites is 1. The second kappa shape index (κ2) is 5.38. The van der Waals surface area contributed by atoms with Gasteiger partial charge in [0.05, 0.1) is 4.75 Å². The standard InChI is InChI=1S/C17H19N3O2S/c1-17(2,3)23(21,22)20(15-10-6-7-11-18-15)16-12-13-8-4-5-9-14(13)19-16/h4-12,19H,1-3H3. The number of benzene rings is 1. The molecule has 2 heterocycles. The second-order valence-corrected chi connectivity index (χ2v) is 8.85. The van der Waals surface area contributed by atoms with Gasteiger partial charge in [-0.25, -0.2) is 17.7 Å². The lowest BCUT2D eigenvalue weighted by molar-refractivity contribution is 0.559. The van der Waals surface area contributed by atoms with Crippen LogP contribution in [0.5, 0.6) is 0 Å². The van der Waals surface area contributed by atoms with Crippen LogP contribution in [0.25, 0.3) is 10.9 Å². The molecule has 3 rings (SSSR count). The van der Waals surface area contributed by atoms with E-state index in [9.17, 15) is 8.42 Å². The van der Waals surface area contributed by atoms with Crippen molar-refractivity contribution in [2.45, 2.75) is 25.5 Å². The predicted molar refractivity (Wildman–Crippen MR) is 93.3 cm³/mol. The van der Waals surface area contributed by atoms with Crippen LogP contribution in [-0.2, 0) is 10.0 Å². The predicted octanol–water partition coefficient (Wildman–Crippen LogP) is 3.83. The van der Waals surface area contributed by atoms with Gasteiger partial charge in [0.15, 0.2) is 0 Å². The number of pyridine rings is 1. The van der Waals surface area contributed by atoms with E-state index in [-0.39, 0.29) is 0 Å². The van der Waals surface area contributed by atoms with Crippen molar-refractivity contribution in [2.75, 3.05) is 4.31 Å². The molecule has 0 aliphatic carbocycles. The molecule has 1 aromatic carbocycles. The summed E-state index contributed by atoms with van der Waals surface area (Å²) in [5.41, 5.74) is 0.882. The number of nitrogens with zero attached hydrogens (tertiary/aromatic N) is 2. The van der Waals surface area contributed by atoms with E-state index in [1.807, 2.05) is 30.3 Å². The lowest BCUT2D eigenvalue weighted by atomic mass is 10.2. The van der Waals surface area contributed by atoms with Crippen molar-refractivity contribution in [1.29, 1.82) is 0 Å². The Bertz CT molecular complexity index is 892. The van der Waals surface area contributed by atoms with Crippen molar-refractivity contribution in [3.8, 4) is 0 Å². The number of anilines is 2. The summed E-state index contributed by atoms with van der Waals surface area (Å²) in [5.74, 6) is 0.855. The Labute approximate surface area is 136 Å².